The van der Waals surface area contributed by atoms with Crippen LogP contribution in [0.1, 0.15) is 6.42 Å². The van der Waals surface area contributed by atoms with Crippen LogP contribution in [0.15, 0.2) is 18.5 Å². The number of morpholine rings is 1. The Morgan fingerprint density at radius 2 is 2.44 bits per heavy atom. The van der Waals surface area contributed by atoms with Crippen molar-refractivity contribution in [1.29, 1.82) is 0 Å². The second kappa shape index (κ2) is 6.51. The van der Waals surface area contributed by atoms with Crippen molar-refractivity contribution in [3.63, 3.8) is 0 Å². The Morgan fingerprint density at radius 1 is 1.56 bits per heavy atom. The molecule has 0 bridgehead atoms. The molecule has 1 atom stereocenters. The number of hydrogen-bond donors (Lipinski definition) is 0. The maximum Gasteiger partial charge on any atom is 0.308 e. The molecule has 1 fully saturated rings. The van der Waals surface area contributed by atoms with Crippen LogP contribution in [-0.4, -0.2) is 60.1 Å². The van der Waals surface area contributed by atoms with Gasteiger partial charge in [-0.05, 0) is 6.07 Å². The minimum absolute atomic E-state index is 0.0520. The largest absolute Gasteiger partial charge is 0.469 e. The van der Waals surface area contributed by atoms with E-state index in [1.54, 1.807) is 6.20 Å². The minimum atomic E-state index is -0.214. The molecule has 2 heterocycles. The van der Waals surface area contributed by atoms with E-state index >= 15 is 0 Å². The van der Waals surface area contributed by atoms with Gasteiger partial charge in [0.2, 0.25) is 0 Å². The van der Waals surface area contributed by atoms with E-state index in [4.69, 9.17) is 4.74 Å². The maximum atomic E-state index is 11.2. The Morgan fingerprint density at radius 3 is 3.17 bits per heavy atom. The monoisotopic (exact) mass is 253 g/mol. The van der Waals surface area contributed by atoms with Gasteiger partial charge < -0.3 is 9.47 Å². The van der Waals surface area contributed by atoms with E-state index in [1.807, 2.05) is 16.9 Å². The number of rotatable bonds is 5. The van der Waals surface area contributed by atoms with Crippen molar-refractivity contribution >= 4 is 5.97 Å². The molecule has 0 radical (unpaired) electrons. The highest BCUT2D eigenvalue weighted by Gasteiger charge is 2.22. The fraction of sp³-hybridized carbons (Fsp3) is 0.667. The van der Waals surface area contributed by atoms with Crippen LogP contribution in [0.4, 0.5) is 0 Å². The first kappa shape index (κ1) is 13.0. The molecule has 1 aromatic heterocycles. The predicted octanol–water partition coefficient (Wildman–Crippen LogP) is 0.147. The highest BCUT2D eigenvalue weighted by molar-refractivity contribution is 5.69. The van der Waals surface area contributed by atoms with E-state index in [1.165, 1.54) is 7.11 Å². The van der Waals surface area contributed by atoms with Crippen molar-refractivity contribution in [2.24, 2.45) is 0 Å². The summed E-state index contributed by atoms with van der Waals surface area (Å²) in [6.45, 7) is 4.12. The zero-order chi connectivity index (χ0) is 12.8. The predicted molar refractivity (Wildman–Crippen MR) is 65.0 cm³/mol. The molecule has 18 heavy (non-hydrogen) atoms. The van der Waals surface area contributed by atoms with Gasteiger partial charge in [0, 0.05) is 32.0 Å². The molecule has 1 aliphatic rings. The van der Waals surface area contributed by atoms with Crippen molar-refractivity contribution in [3.8, 4) is 0 Å². The summed E-state index contributed by atoms with van der Waals surface area (Å²) in [4.78, 5) is 13.5. The lowest BCUT2D eigenvalue weighted by Crippen LogP contribution is -2.44. The number of carbonyl (C=O) groups excluding carboxylic acids is 1. The molecule has 0 aromatic carbocycles. The van der Waals surface area contributed by atoms with E-state index in [-0.39, 0.29) is 12.1 Å². The molecule has 0 aliphatic carbocycles. The zero-order valence-corrected chi connectivity index (χ0v) is 10.6. The standard InChI is InChI=1S/C12H19N3O3/c1-17-12(16)9-11-10-14(7-8-18-11)5-6-15-4-2-3-13-15/h2-4,11H,5-10H2,1H3. The third kappa shape index (κ3) is 3.82. The van der Waals surface area contributed by atoms with E-state index in [0.29, 0.717) is 13.0 Å². The van der Waals surface area contributed by atoms with Crippen molar-refractivity contribution in [3.05, 3.63) is 18.5 Å². The van der Waals surface area contributed by atoms with E-state index in [0.717, 1.165) is 26.2 Å². The second-order valence-electron chi connectivity index (χ2n) is 4.34. The molecule has 6 heteroatoms. The summed E-state index contributed by atoms with van der Waals surface area (Å²) in [7, 11) is 1.40. The number of ether oxygens (including phenoxy) is 2. The molecular formula is C12H19N3O3. The Balaban J connectivity index is 1.74. The number of hydrogen-bond acceptors (Lipinski definition) is 5. The van der Waals surface area contributed by atoms with Crippen LogP contribution in [0.5, 0.6) is 0 Å². The molecule has 1 unspecified atom stereocenters. The molecule has 6 nitrogen and oxygen atoms in total. The topological polar surface area (TPSA) is 56.6 Å². The van der Waals surface area contributed by atoms with Gasteiger partial charge in [-0.15, -0.1) is 0 Å². The van der Waals surface area contributed by atoms with Gasteiger partial charge in [0.05, 0.1) is 32.8 Å². The summed E-state index contributed by atoms with van der Waals surface area (Å²) >= 11 is 0. The Kier molecular flexibility index (Phi) is 4.72. The molecule has 0 spiro atoms. The fourth-order valence-electron chi connectivity index (χ4n) is 2.05. The molecule has 0 amide bonds. The molecule has 1 aromatic rings. The fourth-order valence-corrected chi connectivity index (χ4v) is 2.05. The van der Waals surface area contributed by atoms with E-state index < -0.39 is 0 Å². The lowest BCUT2D eigenvalue weighted by molar-refractivity contribution is -0.145. The molecule has 1 saturated heterocycles. The van der Waals surface area contributed by atoms with Crippen LogP contribution in [-0.2, 0) is 20.8 Å². The lowest BCUT2D eigenvalue weighted by Gasteiger charge is -2.32. The molecule has 0 saturated carbocycles. The van der Waals surface area contributed by atoms with E-state index in [9.17, 15) is 4.79 Å². The highest BCUT2D eigenvalue weighted by atomic mass is 16.5. The average Bonchev–Trinajstić information content (AvgIpc) is 2.90. The first-order chi connectivity index (χ1) is 8.78. The average molecular weight is 253 g/mol. The highest BCUT2D eigenvalue weighted by Crippen LogP contribution is 2.09. The van der Waals surface area contributed by atoms with Crippen molar-refractivity contribution in [1.82, 2.24) is 14.7 Å². The molecule has 100 valence electrons. The van der Waals surface area contributed by atoms with Crippen molar-refractivity contribution < 1.29 is 14.3 Å². The summed E-state index contributed by atoms with van der Waals surface area (Å²) < 4.78 is 12.1. The summed E-state index contributed by atoms with van der Waals surface area (Å²) in [6, 6.07) is 1.92. The van der Waals surface area contributed by atoms with Crippen LogP contribution in [0.3, 0.4) is 0 Å². The summed E-state index contributed by atoms with van der Waals surface area (Å²) in [5.74, 6) is -0.214. The SMILES string of the molecule is COC(=O)CC1CN(CCn2cccn2)CCO1. The second-order valence-corrected chi connectivity index (χ2v) is 4.34. The smallest absolute Gasteiger partial charge is 0.308 e. The van der Waals surface area contributed by atoms with Crippen LogP contribution in [0.2, 0.25) is 0 Å². The maximum absolute atomic E-state index is 11.2. The van der Waals surface area contributed by atoms with Crippen molar-refractivity contribution in [2.45, 2.75) is 19.1 Å². The number of nitrogens with zero attached hydrogens (tertiary/aromatic N) is 3. The number of methoxy groups -OCH3 is 1. The van der Waals surface area contributed by atoms with Crippen LogP contribution in [0, 0.1) is 0 Å². The van der Waals surface area contributed by atoms with Gasteiger partial charge in [-0.25, -0.2) is 0 Å². The summed E-state index contributed by atoms with van der Waals surface area (Å²) in [5.41, 5.74) is 0. The van der Waals surface area contributed by atoms with Gasteiger partial charge in [0.15, 0.2) is 0 Å². The Hall–Kier alpha value is -1.40. The van der Waals surface area contributed by atoms with Gasteiger partial charge >= 0.3 is 5.97 Å². The third-order valence-electron chi connectivity index (χ3n) is 3.05. The van der Waals surface area contributed by atoms with Gasteiger partial charge in [-0.2, -0.15) is 5.10 Å². The molecule has 0 N–H and O–H groups in total. The quantitative estimate of drug-likeness (QED) is 0.699. The van der Waals surface area contributed by atoms with Crippen LogP contribution < -0.4 is 0 Å². The Labute approximate surface area is 106 Å². The molecule has 2 rings (SSSR count). The van der Waals surface area contributed by atoms with Crippen LogP contribution >= 0.6 is 0 Å². The van der Waals surface area contributed by atoms with Gasteiger partial charge in [0.25, 0.3) is 0 Å². The van der Waals surface area contributed by atoms with Gasteiger partial charge in [-0.3, -0.25) is 14.4 Å². The Bertz CT molecular complexity index is 367. The molecule has 1 aliphatic heterocycles. The number of carbonyl (C=O) groups is 1. The molecular weight excluding hydrogens is 234 g/mol. The third-order valence-corrected chi connectivity index (χ3v) is 3.05. The van der Waals surface area contributed by atoms with Gasteiger partial charge in [-0.1, -0.05) is 0 Å². The first-order valence-corrected chi connectivity index (χ1v) is 6.16. The van der Waals surface area contributed by atoms with Crippen LogP contribution in [0.25, 0.3) is 0 Å². The number of aromatic nitrogens is 2. The van der Waals surface area contributed by atoms with Gasteiger partial charge in [0.1, 0.15) is 0 Å². The normalized spacial score (nSPS) is 20.8. The zero-order valence-electron chi connectivity index (χ0n) is 10.6. The van der Waals surface area contributed by atoms with Crippen molar-refractivity contribution in [2.75, 3.05) is 33.4 Å². The lowest BCUT2D eigenvalue weighted by atomic mass is 10.2. The van der Waals surface area contributed by atoms with E-state index in [2.05, 4.69) is 14.7 Å². The minimum Gasteiger partial charge on any atom is -0.469 e. The summed E-state index contributed by atoms with van der Waals surface area (Å²) in [5, 5.41) is 4.17. The number of esters is 1. The summed E-state index contributed by atoms with van der Waals surface area (Å²) in [6.07, 6.45) is 4.00. The first-order valence-electron chi connectivity index (χ1n) is 6.16.